The highest BCUT2D eigenvalue weighted by molar-refractivity contribution is 5.96. The zero-order chi connectivity index (χ0) is 25.4. The van der Waals surface area contributed by atoms with Crippen LogP contribution >= 0.6 is 0 Å². The van der Waals surface area contributed by atoms with Crippen molar-refractivity contribution >= 4 is 16.6 Å². The van der Waals surface area contributed by atoms with Gasteiger partial charge < -0.3 is 14.9 Å². The number of nitrogens with zero attached hydrogens (tertiary/aromatic N) is 3. The van der Waals surface area contributed by atoms with Crippen LogP contribution in [0.1, 0.15) is 30.9 Å². The van der Waals surface area contributed by atoms with Crippen LogP contribution < -0.4 is 10.3 Å². The molecule has 8 nitrogen and oxygen atoms in total. The third kappa shape index (κ3) is 3.95. The molecular weight excluding hydrogens is 458 g/mol. The van der Waals surface area contributed by atoms with Crippen molar-refractivity contribution in [2.45, 2.75) is 31.7 Å². The van der Waals surface area contributed by atoms with E-state index in [0.717, 1.165) is 4.68 Å². The average Bonchev–Trinajstić information content (AvgIpc) is 3.70. The summed E-state index contributed by atoms with van der Waals surface area (Å²) in [5.41, 5.74) is 0.904. The van der Waals surface area contributed by atoms with E-state index in [1.54, 1.807) is 48.5 Å². The van der Waals surface area contributed by atoms with Gasteiger partial charge in [-0.3, -0.25) is 9.59 Å². The number of nitriles is 1. The molecule has 4 aromatic rings. The zero-order valence-electron chi connectivity index (χ0n) is 19.6. The second-order valence-electron chi connectivity index (χ2n) is 8.85. The Kier molecular flexibility index (Phi) is 5.69. The quantitative estimate of drug-likeness (QED) is 0.382. The minimum Gasteiger partial charge on any atom is -0.504 e. The summed E-state index contributed by atoms with van der Waals surface area (Å²) < 4.78 is 6.75. The lowest BCUT2D eigenvalue weighted by molar-refractivity contribution is -0.122. The lowest BCUT2D eigenvalue weighted by atomic mass is 9.91. The summed E-state index contributed by atoms with van der Waals surface area (Å²) in [6, 6.07) is 18.6. The van der Waals surface area contributed by atoms with Crippen molar-refractivity contribution in [3.05, 3.63) is 82.1 Å². The minimum absolute atomic E-state index is 0.209. The number of fused-ring (bicyclic) bond motifs is 1. The highest BCUT2D eigenvalue weighted by Gasteiger charge is 2.51. The largest absolute Gasteiger partial charge is 0.504 e. The van der Waals surface area contributed by atoms with Gasteiger partial charge in [-0.2, -0.15) is 10.4 Å². The van der Waals surface area contributed by atoms with Crippen LogP contribution in [-0.2, 0) is 16.8 Å². The van der Waals surface area contributed by atoms with Gasteiger partial charge in [-0.15, -0.1) is 0 Å². The molecule has 0 atom stereocenters. The van der Waals surface area contributed by atoms with Crippen LogP contribution in [0.3, 0.4) is 0 Å². The SMILES string of the molecule is CCOc1ccc2c(-c3cccc(C#N)c3)nn(CC(=O)C3(c4ccc(O)c(O)c4)CC3)c(=O)c2c1. The number of aromatic hydroxyl groups is 2. The lowest BCUT2D eigenvalue weighted by Crippen LogP contribution is -2.32. The fourth-order valence-electron chi connectivity index (χ4n) is 4.54. The Morgan fingerprint density at radius 2 is 1.89 bits per heavy atom. The van der Waals surface area contributed by atoms with E-state index in [4.69, 9.17) is 4.74 Å². The Labute approximate surface area is 206 Å². The van der Waals surface area contributed by atoms with E-state index >= 15 is 0 Å². The number of rotatable bonds is 7. The van der Waals surface area contributed by atoms with Gasteiger partial charge in [-0.1, -0.05) is 18.2 Å². The fraction of sp³-hybridized carbons (Fsp3) is 0.214. The van der Waals surface area contributed by atoms with Gasteiger partial charge in [0, 0.05) is 10.9 Å². The number of ketones is 1. The molecule has 0 spiro atoms. The van der Waals surface area contributed by atoms with Crippen molar-refractivity contribution in [2.24, 2.45) is 0 Å². The van der Waals surface area contributed by atoms with Crippen LogP contribution in [-0.4, -0.2) is 32.4 Å². The fourth-order valence-corrected chi connectivity index (χ4v) is 4.54. The predicted molar refractivity (Wildman–Crippen MR) is 133 cm³/mol. The number of phenols is 2. The van der Waals surface area contributed by atoms with Crippen LogP contribution in [0.15, 0.2) is 65.5 Å². The predicted octanol–water partition coefficient (Wildman–Crippen LogP) is 4.05. The molecule has 1 fully saturated rings. The van der Waals surface area contributed by atoms with Crippen molar-refractivity contribution in [1.29, 1.82) is 5.26 Å². The van der Waals surface area contributed by atoms with Crippen molar-refractivity contribution in [1.82, 2.24) is 9.78 Å². The van der Waals surface area contributed by atoms with E-state index in [9.17, 15) is 25.1 Å². The molecule has 0 saturated heterocycles. The first-order valence-electron chi connectivity index (χ1n) is 11.6. The summed E-state index contributed by atoms with van der Waals surface area (Å²) in [6.45, 7) is 2.02. The molecule has 0 radical (unpaired) electrons. The molecule has 0 amide bonds. The van der Waals surface area contributed by atoms with E-state index < -0.39 is 11.0 Å². The number of hydrogen-bond acceptors (Lipinski definition) is 7. The average molecular weight is 482 g/mol. The number of ether oxygens (including phenoxy) is 1. The smallest absolute Gasteiger partial charge is 0.275 e. The topological polar surface area (TPSA) is 125 Å². The summed E-state index contributed by atoms with van der Waals surface area (Å²) in [6.07, 6.45) is 1.15. The summed E-state index contributed by atoms with van der Waals surface area (Å²) >= 11 is 0. The molecule has 5 rings (SSSR count). The highest BCUT2D eigenvalue weighted by Crippen LogP contribution is 2.50. The standard InChI is InChI=1S/C28H23N3O5/c1-2-36-20-7-8-21-22(14-20)27(35)31(30-26(21)18-5-3-4-17(12-18)15-29)16-25(34)28(10-11-28)19-6-9-23(32)24(33)13-19/h3-9,12-14,32-33H,2,10-11,16H2,1H3. The second-order valence-corrected chi connectivity index (χ2v) is 8.85. The molecule has 1 heterocycles. The Bertz CT molecular complexity index is 1610. The van der Waals surface area contributed by atoms with Crippen molar-refractivity contribution in [2.75, 3.05) is 6.61 Å². The van der Waals surface area contributed by atoms with Crippen LogP contribution in [0.4, 0.5) is 0 Å². The maximum absolute atomic E-state index is 13.5. The van der Waals surface area contributed by atoms with Gasteiger partial charge in [-0.25, -0.2) is 4.68 Å². The first-order valence-corrected chi connectivity index (χ1v) is 11.6. The Morgan fingerprint density at radius 3 is 2.58 bits per heavy atom. The molecule has 1 aliphatic carbocycles. The molecule has 1 saturated carbocycles. The third-order valence-corrected chi connectivity index (χ3v) is 6.61. The third-order valence-electron chi connectivity index (χ3n) is 6.61. The number of phenolic OH excluding ortho intramolecular Hbond substituents is 2. The van der Waals surface area contributed by atoms with Gasteiger partial charge >= 0.3 is 0 Å². The molecular formula is C28H23N3O5. The molecule has 1 aromatic heterocycles. The number of hydrogen-bond donors (Lipinski definition) is 2. The van der Waals surface area contributed by atoms with Gasteiger partial charge in [-0.05, 0) is 67.8 Å². The van der Waals surface area contributed by atoms with E-state index in [-0.39, 0.29) is 23.8 Å². The maximum atomic E-state index is 13.5. The first-order chi connectivity index (χ1) is 17.4. The zero-order valence-corrected chi connectivity index (χ0v) is 19.6. The number of aromatic nitrogens is 2. The Morgan fingerprint density at radius 1 is 1.08 bits per heavy atom. The molecule has 36 heavy (non-hydrogen) atoms. The van der Waals surface area contributed by atoms with Gasteiger partial charge in [0.15, 0.2) is 17.3 Å². The molecule has 8 heteroatoms. The van der Waals surface area contributed by atoms with Crippen molar-refractivity contribution in [3.8, 4) is 34.6 Å². The van der Waals surface area contributed by atoms with E-state index in [1.807, 2.05) is 6.92 Å². The number of carbonyl (C=O) groups excluding carboxylic acids is 1. The first kappa shape index (κ1) is 23.1. The maximum Gasteiger partial charge on any atom is 0.275 e. The van der Waals surface area contributed by atoms with Crippen LogP contribution in [0.5, 0.6) is 17.2 Å². The van der Waals surface area contributed by atoms with Gasteiger partial charge in [0.25, 0.3) is 5.56 Å². The van der Waals surface area contributed by atoms with E-state index in [2.05, 4.69) is 11.2 Å². The molecule has 2 N–H and O–H groups in total. The summed E-state index contributed by atoms with van der Waals surface area (Å²) in [7, 11) is 0. The summed E-state index contributed by atoms with van der Waals surface area (Å²) in [5.74, 6) is -0.236. The molecule has 0 aliphatic heterocycles. The van der Waals surface area contributed by atoms with E-state index in [1.165, 1.54) is 12.1 Å². The molecule has 0 bridgehead atoms. The van der Waals surface area contributed by atoms with Gasteiger partial charge in [0.1, 0.15) is 12.3 Å². The number of Topliss-reactive ketones (excluding diaryl/α,β-unsaturated/α-hetero) is 1. The van der Waals surface area contributed by atoms with Crippen molar-refractivity contribution < 1.29 is 19.7 Å². The lowest BCUT2D eigenvalue weighted by Gasteiger charge is -2.17. The highest BCUT2D eigenvalue weighted by atomic mass is 16.5. The molecule has 180 valence electrons. The normalized spacial score (nSPS) is 13.8. The summed E-state index contributed by atoms with van der Waals surface area (Å²) in [5, 5.41) is 34.5. The molecule has 0 unspecified atom stereocenters. The van der Waals surface area contributed by atoms with Crippen molar-refractivity contribution in [3.63, 3.8) is 0 Å². The number of benzene rings is 3. The van der Waals surface area contributed by atoms with Crippen LogP contribution in [0, 0.1) is 11.3 Å². The Balaban J connectivity index is 1.62. The second kappa shape index (κ2) is 8.86. The number of carbonyl (C=O) groups is 1. The Hall–Kier alpha value is -4.64. The minimum atomic E-state index is -0.838. The monoisotopic (exact) mass is 481 g/mol. The van der Waals surface area contributed by atoms with Crippen LogP contribution in [0.2, 0.25) is 0 Å². The summed E-state index contributed by atoms with van der Waals surface area (Å²) in [4.78, 5) is 27.0. The van der Waals surface area contributed by atoms with Crippen LogP contribution in [0.25, 0.3) is 22.0 Å². The van der Waals surface area contributed by atoms with Gasteiger partial charge in [0.05, 0.1) is 34.7 Å². The molecule has 1 aliphatic rings. The van der Waals surface area contributed by atoms with Gasteiger partial charge in [0.2, 0.25) is 0 Å². The molecule has 3 aromatic carbocycles. The van der Waals surface area contributed by atoms with E-state index in [0.29, 0.717) is 58.4 Å².